The molecule has 0 N–H and O–H groups in total. The molecule has 0 bridgehead atoms. The van der Waals surface area contributed by atoms with Gasteiger partial charge in [-0.05, 0) is 146 Å². The number of hydrogen-bond acceptors (Lipinski definition) is 2. The fourth-order valence-corrected chi connectivity index (χ4v) is 28.5. The maximum Gasteiger partial charge on any atom is 0.0967 e. The molecule has 0 amide bonds. The predicted molar refractivity (Wildman–Crippen MR) is 425 cm³/mol. The van der Waals surface area contributed by atoms with Crippen LogP contribution < -0.4 is 63.7 Å². The second-order valence-corrected chi connectivity index (χ2v) is 39.1. The molecule has 12 rings (SSSR count). The van der Waals surface area contributed by atoms with Crippen molar-refractivity contribution in [1.82, 2.24) is 9.80 Å². The molecule has 0 heterocycles. The summed E-state index contributed by atoms with van der Waals surface area (Å²) in [5, 5.41) is 18.1. The zero-order valence-corrected chi connectivity index (χ0v) is 74.2. The van der Waals surface area contributed by atoms with Crippen molar-refractivity contribution in [2.24, 2.45) is 0 Å². The Morgan fingerprint density at radius 3 is 0.312 bits per heavy atom. The van der Waals surface area contributed by atoms with E-state index in [1.165, 1.54) is 101 Å². The molecule has 2 radical (unpaired) electrons. The first-order valence-electron chi connectivity index (χ1n) is 32.9. The molecule has 0 unspecified atom stereocenters. The van der Waals surface area contributed by atoms with Crippen LogP contribution in [0.3, 0.4) is 0 Å². The van der Waals surface area contributed by atoms with Crippen molar-refractivity contribution in [3.63, 3.8) is 0 Å². The van der Waals surface area contributed by atoms with Crippen LogP contribution in [0.2, 0.25) is 0 Å². The zero-order chi connectivity index (χ0) is 62.5. The van der Waals surface area contributed by atoms with Crippen molar-refractivity contribution in [3.05, 3.63) is 364 Å². The van der Waals surface area contributed by atoms with E-state index in [1.54, 1.807) is 0 Å². The fourth-order valence-electron chi connectivity index (χ4n) is 12.7. The molecule has 0 aliphatic rings. The van der Waals surface area contributed by atoms with Gasteiger partial charge < -0.3 is 0 Å². The van der Waals surface area contributed by atoms with Gasteiger partial charge in [-0.25, -0.2) is 0 Å². The maximum absolute atomic E-state index is 2.82. The molecule has 0 fully saturated rings. The van der Waals surface area contributed by atoms with Crippen molar-refractivity contribution >= 4 is 111 Å². The van der Waals surface area contributed by atoms with Gasteiger partial charge in [0.05, 0.1) is 148 Å². The maximum atomic E-state index is 2.82. The van der Waals surface area contributed by atoms with Gasteiger partial charge in [-0.2, -0.15) is 0 Å². The molecular weight excluding hydrogens is 1740 g/mol. The summed E-state index contributed by atoms with van der Waals surface area (Å²) in [5.74, 6) is 0. The number of hydrogen-bond donors (Lipinski definition) is 0. The van der Waals surface area contributed by atoms with Crippen LogP contribution in [0.1, 0.15) is 0 Å². The van der Waals surface area contributed by atoms with Crippen molar-refractivity contribution in [1.29, 1.82) is 0 Å². The third-order valence-corrected chi connectivity index (χ3v) is 34.2. The normalized spacial score (nSPS) is 11.0. The van der Waals surface area contributed by atoms with Crippen LogP contribution >= 0.6 is 47.5 Å². The molecule has 0 spiro atoms. The van der Waals surface area contributed by atoms with Gasteiger partial charge in [-0.15, -0.1) is 0 Å². The van der Waals surface area contributed by atoms with Crippen molar-refractivity contribution in [2.45, 2.75) is 0 Å². The first-order chi connectivity index (χ1) is 45.7. The van der Waals surface area contributed by atoms with Crippen LogP contribution in [0.25, 0.3) is 0 Å². The van der Waals surface area contributed by atoms with Gasteiger partial charge in [0.1, 0.15) is 0 Å². The Bertz CT molecular complexity index is 3010. The molecule has 0 saturated heterocycles. The second-order valence-electron chi connectivity index (χ2n) is 23.4. The van der Waals surface area contributed by atoms with E-state index in [-0.39, 0.29) is 88.9 Å². The minimum Gasteiger partial charge on any atom is -0.292 e. The van der Waals surface area contributed by atoms with Gasteiger partial charge in [0.25, 0.3) is 0 Å². The van der Waals surface area contributed by atoms with Crippen LogP contribution in [0.5, 0.6) is 0 Å². The second kappa shape index (κ2) is 45.0. The fraction of sp³-hybridized carbons (Fsp3) is 0.143. The molecule has 0 aliphatic heterocycles. The summed E-state index contributed by atoms with van der Waals surface area (Å²) in [6.45, 7) is 6.72. The summed E-state index contributed by atoms with van der Waals surface area (Å²) in [7, 11) is -5.41. The summed E-state index contributed by atoms with van der Waals surface area (Å²) in [6.07, 6.45) is 7.23. The molecule has 12 aromatic rings. The van der Waals surface area contributed by atoms with E-state index in [0.717, 1.165) is 39.3 Å². The zero-order valence-electron chi connectivity index (χ0n) is 55.1. The van der Waals surface area contributed by atoms with E-state index in [4.69, 9.17) is 0 Å². The monoisotopic (exact) mass is 1830 g/mol. The Labute approximate surface area is 643 Å². The Morgan fingerprint density at radius 1 is 0.146 bits per heavy atom. The van der Waals surface area contributed by atoms with E-state index < -0.39 is 47.5 Å². The standard InChI is InChI=1S/2C42H42NP3.2Co.2Hg/c2*1-7-19-37(20-8-1)44(38-21-9-2-10-22-38)34-31-43(32-35-45(39-23-11-3-12-24-39)40-25-13-4-14-26-40)33-36-46(41-27-15-5-16-28-41)42-29-17-6-18-30-42;;;;/h2*1-30H,31-36H2;;;;/p+6. The smallest absolute Gasteiger partial charge is 0.0967 e. The molecule has 96 heavy (non-hydrogen) atoms. The van der Waals surface area contributed by atoms with E-state index in [1.807, 2.05) is 0 Å². The average Bonchev–Trinajstić information content (AvgIpc) is 1.67. The summed E-state index contributed by atoms with van der Waals surface area (Å²) >= 11 is 0. The minimum atomic E-state index is -0.902. The summed E-state index contributed by atoms with van der Waals surface area (Å²) in [4.78, 5) is 5.65. The molecule has 0 atom stereocenters. The van der Waals surface area contributed by atoms with Crippen molar-refractivity contribution in [2.75, 3.05) is 76.2 Å². The van der Waals surface area contributed by atoms with Crippen LogP contribution in [-0.2, 0) is 88.9 Å². The first kappa shape index (κ1) is 79.3. The number of nitrogens with zero attached hydrogens (tertiary/aromatic N) is 2. The third kappa shape index (κ3) is 24.7. The number of benzene rings is 12. The molecule has 12 aromatic carbocycles. The SMILES string of the molecule is [Co].[Co].[Hg].[Hg].c1ccc([PH+](CCN(CC[PH+](c2ccccc2)c2ccccc2)CC[PH+](c2ccccc2)c2ccccc2)c2ccccc2)cc1.c1ccc([PH+](CCN(CC[PH+](c2ccccc2)c2ccccc2)CC[PH+](c2ccccc2)c2ccccc2)c2ccccc2)cc1. The van der Waals surface area contributed by atoms with E-state index in [9.17, 15) is 0 Å². The van der Waals surface area contributed by atoms with Gasteiger partial charge in [0, 0.05) is 128 Å². The van der Waals surface area contributed by atoms with Gasteiger partial charge in [-0.1, -0.05) is 218 Å². The van der Waals surface area contributed by atoms with Gasteiger partial charge >= 0.3 is 0 Å². The van der Waals surface area contributed by atoms with Gasteiger partial charge in [0.15, 0.2) is 0 Å². The molecule has 482 valence electrons. The molecule has 2 nitrogen and oxygen atoms in total. The summed E-state index contributed by atoms with van der Waals surface area (Å²) in [6, 6.07) is 135. The van der Waals surface area contributed by atoms with Crippen molar-refractivity contribution < 1.29 is 88.9 Å². The molecule has 0 aliphatic carbocycles. The predicted octanol–water partition coefficient (Wildman–Crippen LogP) is 13.8. The molecule has 12 heteroatoms. The molecule has 0 saturated carbocycles. The van der Waals surface area contributed by atoms with Crippen LogP contribution in [0, 0.1) is 0 Å². The van der Waals surface area contributed by atoms with Crippen LogP contribution in [-0.4, -0.2) is 86.0 Å². The van der Waals surface area contributed by atoms with Gasteiger partial charge in [-0.3, -0.25) is 9.80 Å². The number of rotatable bonds is 30. The summed E-state index contributed by atoms with van der Waals surface area (Å²) in [5.41, 5.74) is 0. The topological polar surface area (TPSA) is 6.48 Å². The largest absolute Gasteiger partial charge is 0.292 e. The first-order valence-corrected chi connectivity index (χ1v) is 43.2. The quantitative estimate of drug-likeness (QED) is 0.0327. The molecule has 0 aromatic heterocycles. The van der Waals surface area contributed by atoms with Gasteiger partial charge in [0.2, 0.25) is 0 Å². The van der Waals surface area contributed by atoms with Crippen LogP contribution in [0.15, 0.2) is 364 Å². The Kier molecular flexibility index (Phi) is 37.2. The van der Waals surface area contributed by atoms with Crippen molar-refractivity contribution in [3.8, 4) is 0 Å². The Hall–Kier alpha value is -3.98. The van der Waals surface area contributed by atoms with E-state index in [0.29, 0.717) is 0 Å². The minimum absolute atomic E-state index is 0. The third-order valence-electron chi connectivity index (χ3n) is 17.5. The molecular formula is C84H90Co2Hg2N2P6+6. The summed E-state index contributed by atoms with van der Waals surface area (Å²) < 4.78 is 0. The van der Waals surface area contributed by atoms with E-state index in [2.05, 4.69) is 374 Å². The van der Waals surface area contributed by atoms with E-state index >= 15 is 0 Å². The Morgan fingerprint density at radius 2 is 0.229 bits per heavy atom. The Balaban J connectivity index is 0.000000260. The average molecular weight is 1830 g/mol. The van der Waals surface area contributed by atoms with Crippen LogP contribution in [0.4, 0.5) is 0 Å².